The molecule has 0 bridgehead atoms. The molecule has 0 spiro atoms. The van der Waals surface area contributed by atoms with E-state index in [-0.39, 0.29) is 0 Å². The van der Waals surface area contributed by atoms with Crippen LogP contribution < -0.4 is 5.32 Å². The number of aryl methyl sites for hydroxylation is 1. The summed E-state index contributed by atoms with van der Waals surface area (Å²) in [5.41, 5.74) is 4.30. The van der Waals surface area contributed by atoms with Gasteiger partial charge in [0.05, 0.1) is 6.04 Å². The smallest absolute Gasteiger partial charge is 0.0536 e. The summed E-state index contributed by atoms with van der Waals surface area (Å²) >= 11 is 3.52. The third-order valence-electron chi connectivity index (χ3n) is 3.28. The maximum atomic E-state index is 3.52. The number of allylic oxidation sites excluding steroid dienone is 1. The lowest BCUT2D eigenvalue weighted by Crippen LogP contribution is -2.19. The first kappa shape index (κ1) is 11.9. The van der Waals surface area contributed by atoms with Crippen molar-refractivity contribution in [2.24, 2.45) is 0 Å². The fraction of sp³-hybridized carbons (Fsp3) is 0.429. The van der Waals surface area contributed by atoms with Gasteiger partial charge in [-0.3, -0.25) is 0 Å². The van der Waals surface area contributed by atoms with E-state index in [1.54, 1.807) is 5.57 Å². The quantitative estimate of drug-likeness (QED) is 0.821. The molecule has 1 unspecified atom stereocenters. The van der Waals surface area contributed by atoms with Gasteiger partial charge in [-0.1, -0.05) is 33.6 Å². The van der Waals surface area contributed by atoms with E-state index in [9.17, 15) is 0 Å². The van der Waals surface area contributed by atoms with Crippen LogP contribution >= 0.6 is 15.9 Å². The Morgan fingerprint density at radius 1 is 1.38 bits per heavy atom. The number of rotatable bonds is 3. The summed E-state index contributed by atoms with van der Waals surface area (Å²) in [6.45, 7) is 2.18. The summed E-state index contributed by atoms with van der Waals surface area (Å²) in [6.07, 6.45) is 6.18. The fourth-order valence-electron chi connectivity index (χ4n) is 2.46. The number of nitrogens with one attached hydrogen (secondary N) is 1. The summed E-state index contributed by atoms with van der Waals surface area (Å²) < 4.78 is 1.16. The second kappa shape index (κ2) is 5.15. The van der Waals surface area contributed by atoms with Gasteiger partial charge >= 0.3 is 0 Å². The first-order chi connectivity index (χ1) is 7.72. The van der Waals surface area contributed by atoms with Crippen LogP contribution in [0, 0.1) is 6.92 Å². The van der Waals surface area contributed by atoms with Gasteiger partial charge in [-0.15, -0.1) is 0 Å². The predicted molar refractivity (Wildman–Crippen MR) is 72.6 cm³/mol. The maximum absolute atomic E-state index is 3.52. The van der Waals surface area contributed by atoms with Gasteiger partial charge in [0.1, 0.15) is 0 Å². The van der Waals surface area contributed by atoms with E-state index in [4.69, 9.17) is 0 Å². The summed E-state index contributed by atoms with van der Waals surface area (Å²) in [6, 6.07) is 6.94. The molecule has 0 amide bonds. The maximum Gasteiger partial charge on any atom is 0.0536 e. The van der Waals surface area contributed by atoms with Gasteiger partial charge in [-0.2, -0.15) is 0 Å². The minimum absolute atomic E-state index is 0.399. The zero-order valence-corrected chi connectivity index (χ0v) is 11.5. The van der Waals surface area contributed by atoms with Crippen molar-refractivity contribution in [3.63, 3.8) is 0 Å². The van der Waals surface area contributed by atoms with Crippen molar-refractivity contribution in [2.75, 3.05) is 7.05 Å². The van der Waals surface area contributed by atoms with Crippen LogP contribution in [0.2, 0.25) is 0 Å². The molecule has 1 aliphatic rings. The molecule has 1 nitrogen and oxygen atoms in total. The van der Waals surface area contributed by atoms with E-state index in [1.165, 1.54) is 30.4 Å². The molecule has 1 aromatic rings. The number of hydrogen-bond acceptors (Lipinski definition) is 1. The number of likely N-dealkylation sites (N-methyl/N-ethyl adjacent to an activating group) is 1. The minimum atomic E-state index is 0.399. The average molecular weight is 280 g/mol. The third-order valence-corrected chi connectivity index (χ3v) is 3.77. The second-order valence-corrected chi connectivity index (χ2v) is 5.31. The molecular weight excluding hydrogens is 262 g/mol. The molecule has 1 atom stereocenters. The predicted octanol–water partition coefficient (Wildman–Crippen LogP) is 4.13. The Balaban J connectivity index is 2.32. The number of halogens is 1. The number of hydrogen-bond donors (Lipinski definition) is 1. The lowest BCUT2D eigenvalue weighted by molar-refractivity contribution is 0.652. The van der Waals surface area contributed by atoms with Crippen molar-refractivity contribution in [3.8, 4) is 0 Å². The highest BCUT2D eigenvalue weighted by atomic mass is 79.9. The summed E-state index contributed by atoms with van der Waals surface area (Å²) in [5, 5.41) is 3.44. The molecule has 0 saturated carbocycles. The third kappa shape index (κ3) is 2.38. The minimum Gasteiger partial charge on any atom is -0.310 e. The lowest BCUT2D eigenvalue weighted by atomic mass is 9.95. The fourth-order valence-corrected chi connectivity index (χ4v) is 2.94. The molecule has 86 valence electrons. The van der Waals surface area contributed by atoms with Crippen LogP contribution in [0.5, 0.6) is 0 Å². The van der Waals surface area contributed by atoms with Gasteiger partial charge in [0, 0.05) is 4.47 Å². The largest absolute Gasteiger partial charge is 0.310 e. The van der Waals surface area contributed by atoms with Gasteiger partial charge in [-0.05, 0) is 56.5 Å². The SMILES string of the molecule is CNC(C1=CCCC1)c1ccc(Br)cc1C. The Labute approximate surface area is 106 Å². The van der Waals surface area contributed by atoms with Gasteiger partial charge in [0.25, 0.3) is 0 Å². The molecular formula is C14H18BrN. The van der Waals surface area contributed by atoms with Crippen molar-refractivity contribution in [1.29, 1.82) is 0 Å². The molecule has 0 heterocycles. The Kier molecular flexibility index (Phi) is 3.82. The molecule has 1 aliphatic carbocycles. The topological polar surface area (TPSA) is 12.0 Å². The average Bonchev–Trinajstić information content (AvgIpc) is 2.75. The van der Waals surface area contributed by atoms with Gasteiger partial charge < -0.3 is 5.32 Å². The first-order valence-corrected chi connectivity index (χ1v) is 6.64. The van der Waals surface area contributed by atoms with Crippen LogP contribution in [-0.4, -0.2) is 7.05 Å². The molecule has 16 heavy (non-hydrogen) atoms. The van der Waals surface area contributed by atoms with Crippen LogP contribution in [0.25, 0.3) is 0 Å². The first-order valence-electron chi connectivity index (χ1n) is 5.84. The normalized spacial score (nSPS) is 17.3. The Morgan fingerprint density at radius 2 is 2.19 bits per heavy atom. The van der Waals surface area contributed by atoms with Crippen molar-refractivity contribution >= 4 is 15.9 Å². The highest BCUT2D eigenvalue weighted by Crippen LogP contribution is 2.32. The standard InChI is InChI=1S/C14H18BrN/c1-10-9-12(15)7-8-13(10)14(16-2)11-5-3-4-6-11/h5,7-9,14,16H,3-4,6H2,1-2H3. The van der Waals surface area contributed by atoms with Gasteiger partial charge in [-0.25, -0.2) is 0 Å². The molecule has 0 aromatic heterocycles. The Hall–Kier alpha value is -0.600. The molecule has 2 heteroatoms. The highest BCUT2D eigenvalue weighted by Gasteiger charge is 2.18. The van der Waals surface area contributed by atoms with Crippen molar-refractivity contribution in [3.05, 3.63) is 45.4 Å². The Morgan fingerprint density at radius 3 is 2.75 bits per heavy atom. The van der Waals surface area contributed by atoms with Gasteiger partial charge in [0.2, 0.25) is 0 Å². The van der Waals surface area contributed by atoms with E-state index in [0.29, 0.717) is 6.04 Å². The van der Waals surface area contributed by atoms with E-state index in [2.05, 4.69) is 52.4 Å². The summed E-state index contributed by atoms with van der Waals surface area (Å²) in [4.78, 5) is 0. The van der Waals surface area contributed by atoms with E-state index >= 15 is 0 Å². The van der Waals surface area contributed by atoms with Crippen LogP contribution in [0.4, 0.5) is 0 Å². The zero-order valence-electron chi connectivity index (χ0n) is 9.89. The molecule has 0 fully saturated rings. The summed E-state index contributed by atoms with van der Waals surface area (Å²) in [7, 11) is 2.05. The monoisotopic (exact) mass is 279 g/mol. The lowest BCUT2D eigenvalue weighted by Gasteiger charge is -2.20. The van der Waals surface area contributed by atoms with Crippen molar-refractivity contribution in [2.45, 2.75) is 32.2 Å². The highest BCUT2D eigenvalue weighted by molar-refractivity contribution is 9.10. The van der Waals surface area contributed by atoms with Crippen LogP contribution in [0.15, 0.2) is 34.3 Å². The van der Waals surface area contributed by atoms with Crippen LogP contribution in [0.1, 0.15) is 36.4 Å². The van der Waals surface area contributed by atoms with Crippen molar-refractivity contribution in [1.82, 2.24) is 5.32 Å². The van der Waals surface area contributed by atoms with E-state index in [0.717, 1.165) is 4.47 Å². The van der Waals surface area contributed by atoms with Crippen LogP contribution in [-0.2, 0) is 0 Å². The Bertz CT molecular complexity index is 409. The van der Waals surface area contributed by atoms with E-state index in [1.807, 2.05) is 7.05 Å². The summed E-state index contributed by atoms with van der Waals surface area (Å²) in [5.74, 6) is 0. The van der Waals surface area contributed by atoms with Crippen molar-refractivity contribution < 1.29 is 0 Å². The second-order valence-electron chi connectivity index (χ2n) is 4.39. The molecule has 2 rings (SSSR count). The molecule has 0 saturated heterocycles. The van der Waals surface area contributed by atoms with Gasteiger partial charge in [0.15, 0.2) is 0 Å². The van der Waals surface area contributed by atoms with E-state index < -0.39 is 0 Å². The molecule has 0 radical (unpaired) electrons. The molecule has 0 aliphatic heterocycles. The zero-order chi connectivity index (χ0) is 11.5. The molecule has 1 N–H and O–H groups in total. The van der Waals surface area contributed by atoms with Crippen LogP contribution in [0.3, 0.4) is 0 Å². The molecule has 1 aromatic carbocycles. The number of benzene rings is 1.